The van der Waals surface area contributed by atoms with E-state index in [0.717, 1.165) is 42.0 Å². The molecule has 2 heterocycles. The molecule has 1 fully saturated rings. The molecule has 4 amide bonds. The van der Waals surface area contributed by atoms with Crippen LogP contribution in [0, 0.1) is 10.1 Å². The molecule has 0 saturated carbocycles. The van der Waals surface area contributed by atoms with Gasteiger partial charge in [-0.1, -0.05) is 32.3 Å². The average Bonchev–Trinajstić information content (AvgIpc) is 2.84. The molecule has 0 radical (unpaired) electrons. The number of imide groups is 2. The third-order valence-corrected chi connectivity index (χ3v) is 5.40. The number of benzene rings is 1. The minimum atomic E-state index is -2.03. The van der Waals surface area contributed by atoms with E-state index in [1.54, 1.807) is 17.7 Å². The summed E-state index contributed by atoms with van der Waals surface area (Å²) in [6, 6.07) is 5.02. The number of aromatic nitrogens is 1. The molecule has 12 heteroatoms. The summed E-state index contributed by atoms with van der Waals surface area (Å²) in [5.74, 6) is -1.56. The number of fused-ring (bicyclic) bond motifs is 1. The van der Waals surface area contributed by atoms with Gasteiger partial charge in [-0.25, -0.2) is 4.79 Å². The number of carbonyl (C=O) groups excluding carboxylic acids is 3. The van der Waals surface area contributed by atoms with Gasteiger partial charge in [-0.3, -0.25) is 35.3 Å². The topological polar surface area (TPSA) is 165 Å². The van der Waals surface area contributed by atoms with E-state index >= 15 is 0 Å². The predicted molar refractivity (Wildman–Crippen MR) is 135 cm³/mol. The lowest BCUT2D eigenvalue weighted by Crippen LogP contribution is -2.61. The van der Waals surface area contributed by atoms with Gasteiger partial charge in [-0.15, -0.1) is 0 Å². The van der Waals surface area contributed by atoms with Gasteiger partial charge in [0.15, 0.2) is 0 Å². The minimum Gasteiger partial charge on any atom is -0.497 e. The molecule has 36 heavy (non-hydrogen) atoms. The quantitative estimate of drug-likeness (QED) is 0.139. The Morgan fingerprint density at radius 1 is 1.03 bits per heavy atom. The standard InChI is InChI=1S/C20H31N3O.C4H3N3O5/c1-3-4-6-11-21-12-7-5-8-13-22-19-16-18(24-2)15-17-10-9-14-23-20(17)19;8-2-1(7(11)12)3(9)6-4(10)5-2/h9-10,14-16,21-22H,3-8,11-13H2,1-2H3;1H,(H2,5,6,8,9,10). The van der Waals surface area contributed by atoms with Gasteiger partial charge in [-0.05, 0) is 44.5 Å². The maximum Gasteiger partial charge on any atom is 0.366 e. The van der Waals surface area contributed by atoms with E-state index < -0.39 is 28.8 Å². The van der Waals surface area contributed by atoms with Crippen molar-refractivity contribution < 1.29 is 24.0 Å². The second-order valence-corrected chi connectivity index (χ2v) is 8.19. The van der Waals surface area contributed by atoms with E-state index in [2.05, 4.69) is 28.6 Å². The van der Waals surface area contributed by atoms with Gasteiger partial charge in [0, 0.05) is 29.1 Å². The van der Waals surface area contributed by atoms with E-state index in [1.807, 2.05) is 24.4 Å². The Bertz CT molecular complexity index is 1030. The predicted octanol–water partition coefficient (Wildman–Crippen LogP) is 2.60. The molecule has 0 bridgehead atoms. The normalized spacial score (nSPS) is 13.4. The highest BCUT2D eigenvalue weighted by Crippen LogP contribution is 2.27. The maximum absolute atomic E-state index is 10.6. The largest absolute Gasteiger partial charge is 0.497 e. The molecule has 1 aliphatic rings. The number of unbranched alkanes of at least 4 members (excludes halogenated alkanes) is 4. The van der Waals surface area contributed by atoms with Crippen molar-refractivity contribution in [3.05, 3.63) is 40.6 Å². The molecular formula is C24H34N6O6. The molecule has 1 aromatic heterocycles. The molecule has 12 nitrogen and oxygen atoms in total. The van der Waals surface area contributed by atoms with Crippen LogP contribution >= 0.6 is 0 Å². The summed E-state index contributed by atoms with van der Waals surface area (Å²) < 4.78 is 5.39. The molecule has 0 aliphatic carbocycles. The maximum atomic E-state index is 10.6. The molecule has 1 aliphatic heterocycles. The van der Waals surface area contributed by atoms with Crippen LogP contribution in [0.5, 0.6) is 5.75 Å². The fourth-order valence-corrected chi connectivity index (χ4v) is 3.52. The Balaban J connectivity index is 0.000000319. The first-order chi connectivity index (χ1) is 17.4. The van der Waals surface area contributed by atoms with Crippen molar-refractivity contribution in [2.24, 2.45) is 0 Å². The average molecular weight is 503 g/mol. The van der Waals surface area contributed by atoms with E-state index in [1.165, 1.54) is 38.5 Å². The van der Waals surface area contributed by atoms with Gasteiger partial charge in [0.25, 0.3) is 0 Å². The Kier molecular flexibility index (Phi) is 12.0. The number of rotatable bonds is 13. The first kappa shape index (κ1) is 28.4. The molecule has 0 unspecified atom stereocenters. The van der Waals surface area contributed by atoms with Crippen molar-refractivity contribution >= 4 is 34.4 Å². The summed E-state index contributed by atoms with van der Waals surface area (Å²) in [6.45, 7) is 5.50. The zero-order chi connectivity index (χ0) is 26.3. The van der Waals surface area contributed by atoms with Gasteiger partial charge in [-0.2, -0.15) is 0 Å². The smallest absolute Gasteiger partial charge is 0.366 e. The van der Waals surface area contributed by atoms with Crippen LogP contribution in [-0.4, -0.2) is 60.5 Å². The third kappa shape index (κ3) is 9.10. The summed E-state index contributed by atoms with van der Waals surface area (Å²) in [7, 11) is 1.70. The second kappa shape index (κ2) is 15.2. The first-order valence-electron chi connectivity index (χ1n) is 12.0. The summed E-state index contributed by atoms with van der Waals surface area (Å²) in [6.07, 6.45) is 9.41. The van der Waals surface area contributed by atoms with Crippen LogP contribution in [0.2, 0.25) is 0 Å². The fourth-order valence-electron chi connectivity index (χ4n) is 3.52. The number of pyridine rings is 1. The van der Waals surface area contributed by atoms with E-state index in [9.17, 15) is 24.5 Å². The zero-order valence-electron chi connectivity index (χ0n) is 20.7. The van der Waals surface area contributed by atoms with Crippen LogP contribution in [0.1, 0.15) is 45.4 Å². The fraction of sp³-hybridized carbons (Fsp3) is 0.500. The number of ether oxygens (including phenoxy) is 1. The summed E-state index contributed by atoms with van der Waals surface area (Å²) in [5.41, 5.74) is 2.07. The molecule has 0 atom stereocenters. The van der Waals surface area contributed by atoms with Crippen molar-refractivity contribution in [1.29, 1.82) is 0 Å². The summed E-state index contributed by atoms with van der Waals surface area (Å²) in [5, 5.41) is 21.4. The Morgan fingerprint density at radius 2 is 1.69 bits per heavy atom. The van der Waals surface area contributed by atoms with Gasteiger partial charge in [0.2, 0.25) is 0 Å². The number of nitrogens with one attached hydrogen (secondary N) is 4. The lowest BCUT2D eigenvalue weighted by molar-refractivity contribution is -0.494. The number of carbonyl (C=O) groups is 3. The van der Waals surface area contributed by atoms with Gasteiger partial charge in [0.1, 0.15) is 5.75 Å². The minimum absolute atomic E-state index is 0.870. The van der Waals surface area contributed by atoms with Crippen molar-refractivity contribution in [2.75, 3.05) is 32.1 Å². The van der Waals surface area contributed by atoms with Gasteiger partial charge < -0.3 is 15.4 Å². The number of anilines is 1. The van der Waals surface area contributed by atoms with Crippen LogP contribution < -0.4 is 26.0 Å². The summed E-state index contributed by atoms with van der Waals surface area (Å²) in [4.78, 5) is 45.1. The number of barbiturate groups is 1. The first-order valence-corrected chi connectivity index (χ1v) is 12.0. The van der Waals surface area contributed by atoms with Gasteiger partial charge in [0.05, 0.1) is 18.3 Å². The number of urea groups is 1. The number of nitrogens with zero attached hydrogens (tertiary/aromatic N) is 2. The molecule has 1 aromatic carbocycles. The lowest BCUT2D eigenvalue weighted by atomic mass is 10.1. The number of hydrogen-bond acceptors (Lipinski definition) is 9. The molecule has 4 N–H and O–H groups in total. The van der Waals surface area contributed by atoms with Gasteiger partial charge >= 0.3 is 23.9 Å². The Hall–Kier alpha value is -3.80. The van der Waals surface area contributed by atoms with Crippen LogP contribution in [0.4, 0.5) is 10.5 Å². The molecule has 0 spiro atoms. The van der Waals surface area contributed by atoms with E-state index in [0.29, 0.717) is 0 Å². The monoisotopic (exact) mass is 502 g/mol. The van der Waals surface area contributed by atoms with Crippen LogP contribution in [0.15, 0.2) is 30.5 Å². The highest BCUT2D eigenvalue weighted by molar-refractivity contribution is 6.17. The molecule has 1 saturated heterocycles. The molecule has 2 aromatic rings. The summed E-state index contributed by atoms with van der Waals surface area (Å²) >= 11 is 0. The SMILES string of the molecule is CCCCCNCCCCCNc1cc(OC)cc2cccnc12.O=C1NC(=O)C([N+](=O)[O-])C(=O)N1. The third-order valence-electron chi connectivity index (χ3n) is 5.40. The number of methoxy groups -OCH3 is 1. The Morgan fingerprint density at radius 3 is 2.33 bits per heavy atom. The van der Waals surface area contributed by atoms with Crippen molar-refractivity contribution in [3.8, 4) is 5.75 Å². The van der Waals surface area contributed by atoms with Crippen LogP contribution in [0.25, 0.3) is 10.9 Å². The van der Waals surface area contributed by atoms with Crippen molar-refractivity contribution in [1.82, 2.24) is 20.9 Å². The number of hydrogen-bond donors (Lipinski definition) is 4. The molecule has 196 valence electrons. The number of nitro groups is 1. The van der Waals surface area contributed by atoms with Crippen LogP contribution in [0.3, 0.4) is 0 Å². The zero-order valence-corrected chi connectivity index (χ0v) is 20.7. The van der Waals surface area contributed by atoms with Crippen LogP contribution in [-0.2, 0) is 9.59 Å². The molecule has 3 rings (SSSR count). The second-order valence-electron chi connectivity index (χ2n) is 8.19. The van der Waals surface area contributed by atoms with Crippen molar-refractivity contribution in [3.63, 3.8) is 0 Å². The highest BCUT2D eigenvalue weighted by Gasteiger charge is 2.43. The Labute approximate surface area is 209 Å². The highest BCUT2D eigenvalue weighted by atomic mass is 16.6. The number of amides is 4. The van der Waals surface area contributed by atoms with E-state index in [4.69, 9.17) is 4.74 Å². The molecular weight excluding hydrogens is 468 g/mol. The lowest BCUT2D eigenvalue weighted by Gasteiger charge is -2.13. The van der Waals surface area contributed by atoms with E-state index in [-0.39, 0.29) is 0 Å². The van der Waals surface area contributed by atoms with Crippen molar-refractivity contribution in [2.45, 2.75) is 51.5 Å².